The topological polar surface area (TPSA) is 26.3 Å². The summed E-state index contributed by atoms with van der Waals surface area (Å²) in [6.45, 7) is 0.235. The lowest BCUT2D eigenvalue weighted by Crippen LogP contribution is -2.07. The molecule has 0 saturated heterocycles. The van der Waals surface area contributed by atoms with Gasteiger partial charge in [-0.15, -0.1) is 0 Å². The summed E-state index contributed by atoms with van der Waals surface area (Å²) in [5.74, 6) is 5.78. The maximum Gasteiger partial charge on any atom is 0.339 e. The van der Waals surface area contributed by atoms with Crippen molar-refractivity contribution in [1.82, 2.24) is 0 Å². The van der Waals surface area contributed by atoms with E-state index in [0.29, 0.717) is 11.1 Å². The molecule has 0 fully saturated rings. The first-order valence-corrected chi connectivity index (χ1v) is 9.53. The van der Waals surface area contributed by atoms with Crippen molar-refractivity contribution in [3.8, 4) is 11.8 Å². The molecule has 0 bridgehead atoms. The van der Waals surface area contributed by atoms with Crippen molar-refractivity contribution in [2.75, 3.05) is 6.61 Å². The molecule has 0 aliphatic rings. The van der Waals surface area contributed by atoms with Gasteiger partial charge in [-0.05, 0) is 36.2 Å². The van der Waals surface area contributed by atoms with Crippen molar-refractivity contribution in [3.63, 3.8) is 0 Å². The van der Waals surface area contributed by atoms with Gasteiger partial charge in [0.15, 0.2) is 0 Å². The zero-order valence-corrected chi connectivity index (χ0v) is 16.1. The lowest BCUT2D eigenvalue weighted by Gasteiger charge is -2.04. The summed E-state index contributed by atoms with van der Waals surface area (Å²) in [6.07, 6.45) is 8.75. The average molecular weight is 378 g/mol. The Morgan fingerprint density at radius 3 is 2.24 bits per heavy atom. The van der Waals surface area contributed by atoms with Crippen LogP contribution in [0.25, 0.3) is 6.08 Å². The van der Waals surface area contributed by atoms with Gasteiger partial charge in [0.1, 0.15) is 6.61 Å². The van der Waals surface area contributed by atoms with Crippen LogP contribution in [0.3, 0.4) is 0 Å². The van der Waals surface area contributed by atoms with E-state index in [-0.39, 0.29) is 12.6 Å². The van der Waals surface area contributed by atoms with Crippen LogP contribution < -0.4 is 0 Å². The first-order valence-electron chi connectivity index (χ1n) is 9.53. The molecule has 0 amide bonds. The minimum absolute atomic E-state index is 0.235. The Morgan fingerprint density at radius 1 is 0.759 bits per heavy atom. The highest BCUT2D eigenvalue weighted by molar-refractivity contribution is 5.92. The van der Waals surface area contributed by atoms with Crippen LogP contribution in [-0.2, 0) is 4.74 Å². The molecular formula is C27H22O2. The van der Waals surface area contributed by atoms with Crippen LogP contribution in [0.1, 0.15) is 33.5 Å². The van der Waals surface area contributed by atoms with Gasteiger partial charge in [-0.2, -0.15) is 0 Å². The maximum absolute atomic E-state index is 12.4. The Balaban J connectivity index is 1.52. The third-order valence-corrected chi connectivity index (χ3v) is 4.12. The summed E-state index contributed by atoms with van der Waals surface area (Å²) in [6, 6.07) is 27.1. The van der Waals surface area contributed by atoms with Gasteiger partial charge in [-0.3, -0.25) is 0 Å². The quantitative estimate of drug-likeness (QED) is 0.303. The molecule has 29 heavy (non-hydrogen) atoms. The first-order chi connectivity index (χ1) is 14.3. The monoisotopic (exact) mass is 378 g/mol. The van der Waals surface area contributed by atoms with Crippen molar-refractivity contribution < 1.29 is 9.53 Å². The van der Waals surface area contributed by atoms with Gasteiger partial charge in [0.25, 0.3) is 0 Å². The molecular weight excluding hydrogens is 356 g/mol. The predicted octanol–water partition coefficient (Wildman–Crippen LogP) is 5.90. The molecule has 0 saturated carbocycles. The average Bonchev–Trinajstić information content (AvgIpc) is 2.78. The fourth-order valence-corrected chi connectivity index (χ4v) is 2.64. The highest BCUT2D eigenvalue weighted by Crippen LogP contribution is 2.10. The van der Waals surface area contributed by atoms with Gasteiger partial charge in [-0.1, -0.05) is 96.8 Å². The van der Waals surface area contributed by atoms with Gasteiger partial charge in [0.2, 0.25) is 0 Å². The molecule has 2 nitrogen and oxygen atoms in total. The van der Waals surface area contributed by atoms with Crippen LogP contribution in [0.5, 0.6) is 0 Å². The lowest BCUT2D eigenvalue weighted by atomic mass is 10.1. The van der Waals surface area contributed by atoms with Crippen molar-refractivity contribution in [2.45, 2.75) is 6.42 Å². The summed E-state index contributed by atoms with van der Waals surface area (Å²) < 4.78 is 5.37. The molecule has 3 aromatic rings. The number of carbonyl (C=O) groups excluding carboxylic acids is 1. The molecule has 0 aromatic heterocycles. The summed E-state index contributed by atoms with van der Waals surface area (Å²) >= 11 is 0. The molecule has 0 atom stereocenters. The number of hydrogen-bond donors (Lipinski definition) is 0. The Morgan fingerprint density at radius 2 is 1.45 bits per heavy atom. The number of carbonyl (C=O) groups is 1. The van der Waals surface area contributed by atoms with Crippen LogP contribution in [0.2, 0.25) is 0 Å². The number of rotatable bonds is 6. The minimum Gasteiger partial charge on any atom is -0.458 e. The third-order valence-electron chi connectivity index (χ3n) is 4.12. The second-order valence-corrected chi connectivity index (χ2v) is 6.28. The van der Waals surface area contributed by atoms with Gasteiger partial charge >= 0.3 is 5.97 Å². The second-order valence-electron chi connectivity index (χ2n) is 6.28. The molecule has 0 radical (unpaired) electrons. The van der Waals surface area contributed by atoms with E-state index in [0.717, 1.165) is 12.0 Å². The summed E-state index contributed by atoms with van der Waals surface area (Å²) in [5, 5.41) is 0. The van der Waals surface area contributed by atoms with Gasteiger partial charge in [-0.25, -0.2) is 4.79 Å². The maximum atomic E-state index is 12.4. The van der Waals surface area contributed by atoms with Crippen LogP contribution in [0.4, 0.5) is 0 Å². The molecule has 3 rings (SSSR count). The van der Waals surface area contributed by atoms with E-state index in [1.54, 1.807) is 6.07 Å². The summed E-state index contributed by atoms with van der Waals surface area (Å²) in [4.78, 5) is 12.4. The minimum atomic E-state index is -0.368. The Kier molecular flexibility index (Phi) is 7.63. The fourth-order valence-electron chi connectivity index (χ4n) is 2.64. The fraction of sp³-hybridized carbons (Fsp3) is 0.0741. The van der Waals surface area contributed by atoms with E-state index in [1.807, 2.05) is 78.9 Å². The van der Waals surface area contributed by atoms with Gasteiger partial charge in [0, 0.05) is 11.1 Å². The Hall–Kier alpha value is -3.83. The summed E-state index contributed by atoms with van der Waals surface area (Å²) in [5.41, 5.74) is 3.21. The van der Waals surface area contributed by atoms with Crippen molar-refractivity contribution in [2.24, 2.45) is 0 Å². The number of esters is 1. The zero-order valence-electron chi connectivity index (χ0n) is 16.1. The van der Waals surface area contributed by atoms with Gasteiger partial charge < -0.3 is 4.74 Å². The standard InChI is InChI=1S/C27H22O2/c28-27(29-22-12-2-1-5-13-23-14-6-3-7-15-23)26-19-11-10-18-25(26)21-20-24-16-8-4-9-17-24/h2-19H,1,22H2/b12-2+,13-5+. The molecule has 0 aliphatic carbocycles. The second kappa shape index (κ2) is 11.1. The van der Waals surface area contributed by atoms with Crippen molar-refractivity contribution in [1.29, 1.82) is 0 Å². The van der Waals surface area contributed by atoms with E-state index < -0.39 is 0 Å². The van der Waals surface area contributed by atoms with Crippen LogP contribution in [0, 0.1) is 11.8 Å². The smallest absolute Gasteiger partial charge is 0.339 e. The lowest BCUT2D eigenvalue weighted by molar-refractivity contribution is 0.0549. The largest absolute Gasteiger partial charge is 0.458 e. The molecule has 3 aromatic carbocycles. The molecule has 0 heterocycles. The van der Waals surface area contributed by atoms with E-state index in [4.69, 9.17) is 4.74 Å². The van der Waals surface area contributed by atoms with E-state index in [2.05, 4.69) is 36.1 Å². The normalized spacial score (nSPS) is 10.6. The zero-order chi connectivity index (χ0) is 20.2. The molecule has 0 aliphatic heterocycles. The number of ether oxygens (including phenoxy) is 1. The molecule has 2 heteroatoms. The Bertz CT molecular complexity index is 1040. The first kappa shape index (κ1) is 19.9. The van der Waals surface area contributed by atoms with Gasteiger partial charge in [0.05, 0.1) is 5.56 Å². The molecule has 0 spiro atoms. The highest BCUT2D eigenvalue weighted by atomic mass is 16.5. The molecule has 0 unspecified atom stereocenters. The van der Waals surface area contributed by atoms with Crippen LogP contribution in [0.15, 0.2) is 103 Å². The van der Waals surface area contributed by atoms with E-state index in [9.17, 15) is 4.79 Å². The molecule has 0 N–H and O–H groups in total. The predicted molar refractivity (Wildman–Crippen MR) is 118 cm³/mol. The third kappa shape index (κ3) is 6.68. The molecule has 142 valence electrons. The Labute approximate surface area is 172 Å². The van der Waals surface area contributed by atoms with Crippen LogP contribution in [-0.4, -0.2) is 12.6 Å². The van der Waals surface area contributed by atoms with Crippen molar-refractivity contribution in [3.05, 3.63) is 125 Å². The van der Waals surface area contributed by atoms with E-state index in [1.165, 1.54) is 5.56 Å². The number of hydrogen-bond acceptors (Lipinski definition) is 2. The van der Waals surface area contributed by atoms with Crippen LogP contribution >= 0.6 is 0 Å². The number of benzene rings is 3. The summed E-state index contributed by atoms with van der Waals surface area (Å²) in [7, 11) is 0. The highest BCUT2D eigenvalue weighted by Gasteiger charge is 2.10. The SMILES string of the molecule is O=C(OC/C=C/C/C=C/c1ccccc1)c1ccccc1C#Cc1ccccc1. The number of allylic oxidation sites excluding steroid dienone is 2. The van der Waals surface area contributed by atoms with E-state index >= 15 is 0 Å². The van der Waals surface area contributed by atoms with Crippen molar-refractivity contribution >= 4 is 12.0 Å².